The SMILES string of the molecule is CCOc1cc(/C=C2\SC(=O)N(Cc3c(F)cccc3Cl)C2=O)ccc1OS(=O)(=O)c1ccc(C)cc1. The van der Waals surface area contributed by atoms with Gasteiger partial charge in [-0.2, -0.15) is 8.42 Å². The van der Waals surface area contributed by atoms with Gasteiger partial charge < -0.3 is 8.92 Å². The monoisotopic (exact) mass is 561 g/mol. The zero-order valence-electron chi connectivity index (χ0n) is 19.7. The molecule has 3 aromatic rings. The summed E-state index contributed by atoms with van der Waals surface area (Å²) in [6, 6.07) is 14.8. The van der Waals surface area contributed by atoms with Crippen molar-refractivity contribution in [3.05, 3.63) is 93.1 Å². The van der Waals surface area contributed by atoms with Crippen LogP contribution in [0, 0.1) is 12.7 Å². The van der Waals surface area contributed by atoms with Crippen LogP contribution in [0.15, 0.2) is 70.5 Å². The topological polar surface area (TPSA) is 90.0 Å². The number of carbonyl (C=O) groups excluding carboxylic acids is 2. The Hall–Kier alpha value is -3.34. The molecule has 11 heteroatoms. The Balaban J connectivity index is 1.58. The summed E-state index contributed by atoms with van der Waals surface area (Å²) in [6.07, 6.45) is 1.47. The lowest BCUT2D eigenvalue weighted by atomic mass is 10.1. The standard InChI is InChI=1S/C26H21ClFNO6S2/c1-3-34-23-13-17(9-12-22(23)35-37(32,33)18-10-7-16(2)8-11-18)14-24-25(30)29(26(31)36-24)15-19-20(27)5-4-6-21(19)28/h4-14H,3,15H2,1-2H3/b24-14-. The number of carbonyl (C=O) groups is 2. The van der Waals surface area contributed by atoms with Crippen molar-refractivity contribution >= 4 is 50.7 Å². The molecule has 0 unspecified atom stereocenters. The zero-order valence-corrected chi connectivity index (χ0v) is 22.1. The summed E-state index contributed by atoms with van der Waals surface area (Å²) in [7, 11) is -4.11. The predicted octanol–water partition coefficient (Wildman–Crippen LogP) is 6.19. The van der Waals surface area contributed by atoms with Crippen LogP contribution in [0.3, 0.4) is 0 Å². The van der Waals surface area contributed by atoms with Crippen LogP contribution in [0.1, 0.15) is 23.6 Å². The molecule has 1 aliphatic rings. The van der Waals surface area contributed by atoms with Gasteiger partial charge in [-0.25, -0.2) is 4.39 Å². The van der Waals surface area contributed by atoms with Crippen molar-refractivity contribution in [2.45, 2.75) is 25.3 Å². The van der Waals surface area contributed by atoms with Gasteiger partial charge in [0.25, 0.3) is 11.1 Å². The third-order valence-electron chi connectivity index (χ3n) is 5.33. The van der Waals surface area contributed by atoms with Crippen molar-refractivity contribution in [2.24, 2.45) is 0 Å². The first-order valence-corrected chi connectivity index (χ1v) is 13.7. The number of rotatable bonds is 8. The van der Waals surface area contributed by atoms with Crippen LogP contribution in [-0.2, 0) is 21.5 Å². The van der Waals surface area contributed by atoms with Gasteiger partial charge in [-0.3, -0.25) is 14.5 Å². The number of hydrogen-bond donors (Lipinski definition) is 0. The van der Waals surface area contributed by atoms with Crippen LogP contribution in [0.4, 0.5) is 9.18 Å². The molecule has 0 bridgehead atoms. The second kappa shape index (κ2) is 11.0. The molecule has 0 atom stereocenters. The molecule has 192 valence electrons. The fraction of sp³-hybridized carbons (Fsp3) is 0.154. The Bertz CT molecular complexity index is 1490. The van der Waals surface area contributed by atoms with Crippen LogP contribution >= 0.6 is 23.4 Å². The summed E-state index contributed by atoms with van der Waals surface area (Å²) in [5.74, 6) is -1.10. The molecule has 37 heavy (non-hydrogen) atoms. The maximum Gasteiger partial charge on any atom is 0.339 e. The molecule has 1 aliphatic heterocycles. The van der Waals surface area contributed by atoms with Gasteiger partial charge in [0.05, 0.1) is 18.1 Å². The molecule has 3 aromatic carbocycles. The summed E-state index contributed by atoms with van der Waals surface area (Å²) in [4.78, 5) is 26.4. The first-order valence-electron chi connectivity index (χ1n) is 11.1. The highest BCUT2D eigenvalue weighted by Crippen LogP contribution is 2.37. The Labute approximate surface area is 223 Å². The lowest BCUT2D eigenvalue weighted by Gasteiger charge is -2.14. The Morgan fingerprint density at radius 2 is 1.78 bits per heavy atom. The van der Waals surface area contributed by atoms with E-state index in [2.05, 4.69) is 0 Å². The molecule has 1 saturated heterocycles. The van der Waals surface area contributed by atoms with Crippen molar-refractivity contribution in [2.75, 3.05) is 6.61 Å². The van der Waals surface area contributed by atoms with Crippen molar-refractivity contribution in [3.63, 3.8) is 0 Å². The van der Waals surface area contributed by atoms with E-state index in [1.165, 1.54) is 54.6 Å². The minimum absolute atomic E-state index is 0.00625. The average Bonchev–Trinajstić information content (AvgIpc) is 3.10. The number of aryl methyl sites for hydroxylation is 1. The molecular formula is C26H21ClFNO6S2. The lowest BCUT2D eigenvalue weighted by molar-refractivity contribution is -0.123. The highest BCUT2D eigenvalue weighted by atomic mass is 35.5. The normalized spacial score (nSPS) is 14.9. The fourth-order valence-electron chi connectivity index (χ4n) is 3.45. The zero-order chi connectivity index (χ0) is 26.7. The van der Waals surface area contributed by atoms with Crippen molar-refractivity contribution in [3.8, 4) is 11.5 Å². The molecule has 1 fully saturated rings. The minimum Gasteiger partial charge on any atom is -0.490 e. The minimum atomic E-state index is -4.11. The average molecular weight is 562 g/mol. The van der Waals surface area contributed by atoms with E-state index in [-0.39, 0.29) is 45.0 Å². The van der Waals surface area contributed by atoms with Crippen molar-refractivity contribution in [1.82, 2.24) is 4.90 Å². The van der Waals surface area contributed by atoms with E-state index in [4.69, 9.17) is 20.5 Å². The van der Waals surface area contributed by atoms with Crippen molar-refractivity contribution in [1.29, 1.82) is 0 Å². The van der Waals surface area contributed by atoms with E-state index in [1.54, 1.807) is 19.1 Å². The van der Waals surface area contributed by atoms with E-state index in [9.17, 15) is 22.4 Å². The number of imide groups is 1. The van der Waals surface area contributed by atoms with E-state index in [0.717, 1.165) is 10.5 Å². The summed E-state index contributed by atoms with van der Waals surface area (Å²) in [6.45, 7) is 3.49. The second-order valence-corrected chi connectivity index (χ2v) is 10.9. The molecule has 2 amide bonds. The van der Waals surface area contributed by atoms with Gasteiger partial charge in [-0.05, 0) is 73.6 Å². The third kappa shape index (κ3) is 5.98. The maximum absolute atomic E-state index is 14.2. The molecule has 0 N–H and O–H groups in total. The Kier molecular flexibility index (Phi) is 7.91. The number of amides is 2. The second-order valence-electron chi connectivity index (χ2n) is 7.96. The van der Waals surface area contributed by atoms with Crippen molar-refractivity contribution < 1.29 is 31.3 Å². The molecule has 0 spiro atoms. The highest BCUT2D eigenvalue weighted by molar-refractivity contribution is 8.18. The van der Waals surface area contributed by atoms with Gasteiger partial charge in [-0.1, -0.05) is 41.4 Å². The first-order chi connectivity index (χ1) is 17.6. The summed E-state index contributed by atoms with van der Waals surface area (Å²) in [5, 5.41) is -0.453. The largest absolute Gasteiger partial charge is 0.490 e. The molecular weight excluding hydrogens is 541 g/mol. The first kappa shape index (κ1) is 26.7. The quantitative estimate of drug-likeness (QED) is 0.239. The van der Waals surface area contributed by atoms with Gasteiger partial charge in [-0.15, -0.1) is 0 Å². The van der Waals surface area contributed by atoms with Crippen LogP contribution in [0.25, 0.3) is 6.08 Å². The Morgan fingerprint density at radius 1 is 1.05 bits per heavy atom. The molecule has 0 saturated carbocycles. The molecule has 0 aromatic heterocycles. The molecule has 7 nitrogen and oxygen atoms in total. The van der Waals surface area contributed by atoms with Gasteiger partial charge in [0.2, 0.25) is 0 Å². The van der Waals surface area contributed by atoms with Crippen LogP contribution in [0.5, 0.6) is 11.5 Å². The fourth-order valence-corrected chi connectivity index (χ4v) is 5.45. The summed E-state index contributed by atoms with van der Waals surface area (Å²) in [5.41, 5.74) is 1.42. The van der Waals surface area contributed by atoms with Gasteiger partial charge >= 0.3 is 10.1 Å². The number of hydrogen-bond acceptors (Lipinski definition) is 7. The van der Waals surface area contributed by atoms with E-state index < -0.39 is 27.1 Å². The van der Waals surface area contributed by atoms with E-state index >= 15 is 0 Å². The Morgan fingerprint density at radius 3 is 2.46 bits per heavy atom. The lowest BCUT2D eigenvalue weighted by Crippen LogP contribution is -2.28. The predicted molar refractivity (Wildman–Crippen MR) is 140 cm³/mol. The van der Waals surface area contributed by atoms with Crippen LogP contribution in [0.2, 0.25) is 5.02 Å². The number of ether oxygens (including phenoxy) is 1. The molecule has 0 radical (unpaired) electrons. The number of benzene rings is 3. The van der Waals surface area contributed by atoms with E-state index in [0.29, 0.717) is 17.3 Å². The number of halogens is 2. The number of thioether (sulfide) groups is 1. The highest BCUT2D eigenvalue weighted by Gasteiger charge is 2.36. The molecule has 1 heterocycles. The number of nitrogens with zero attached hydrogens (tertiary/aromatic N) is 1. The van der Waals surface area contributed by atoms with Gasteiger partial charge in [0, 0.05) is 10.6 Å². The summed E-state index contributed by atoms with van der Waals surface area (Å²) < 4.78 is 50.5. The summed E-state index contributed by atoms with van der Waals surface area (Å²) >= 11 is 6.75. The van der Waals surface area contributed by atoms with Crippen LogP contribution in [-0.4, -0.2) is 31.1 Å². The molecule has 4 rings (SSSR count). The van der Waals surface area contributed by atoms with E-state index in [1.807, 2.05) is 6.92 Å². The maximum atomic E-state index is 14.2. The van der Waals surface area contributed by atoms with Gasteiger partial charge in [0.1, 0.15) is 10.7 Å². The molecule has 0 aliphatic carbocycles. The smallest absolute Gasteiger partial charge is 0.339 e. The van der Waals surface area contributed by atoms with Gasteiger partial charge in [0.15, 0.2) is 11.5 Å². The van der Waals surface area contributed by atoms with Crippen LogP contribution < -0.4 is 8.92 Å². The third-order valence-corrected chi connectivity index (χ3v) is 7.84.